The lowest BCUT2D eigenvalue weighted by molar-refractivity contribution is -0.129. The molecule has 1 saturated heterocycles. The Morgan fingerprint density at radius 2 is 2.13 bits per heavy atom. The minimum absolute atomic E-state index is 0.0318. The summed E-state index contributed by atoms with van der Waals surface area (Å²) in [5.74, 6) is 1.80. The van der Waals surface area contributed by atoms with Crippen LogP contribution in [-0.4, -0.2) is 59.2 Å². The highest BCUT2D eigenvalue weighted by molar-refractivity contribution is 8.01. The van der Waals surface area contributed by atoms with Crippen LogP contribution in [0.1, 0.15) is 31.4 Å². The Labute approximate surface area is 182 Å². The maximum Gasteiger partial charge on any atom is 0.413 e. The summed E-state index contributed by atoms with van der Waals surface area (Å²) in [5, 5.41) is 10.8. The summed E-state index contributed by atoms with van der Waals surface area (Å²) in [6.45, 7) is 3.82. The number of nitrogens with zero attached hydrogens (tertiary/aromatic N) is 3. The van der Waals surface area contributed by atoms with Crippen molar-refractivity contribution in [3.63, 3.8) is 0 Å². The number of anilines is 1. The van der Waals surface area contributed by atoms with E-state index < -0.39 is 6.09 Å². The fraction of sp³-hybridized carbons (Fsp3) is 0.474. The van der Waals surface area contributed by atoms with Crippen molar-refractivity contribution in [1.82, 2.24) is 15.1 Å². The molecule has 0 radical (unpaired) electrons. The van der Waals surface area contributed by atoms with E-state index in [1.807, 2.05) is 23.1 Å². The topological polar surface area (TPSA) is 103 Å². The van der Waals surface area contributed by atoms with Crippen LogP contribution >= 0.6 is 23.1 Å². The number of aromatic nitrogens is 2. The van der Waals surface area contributed by atoms with Gasteiger partial charge in [-0.3, -0.25) is 10.1 Å². The summed E-state index contributed by atoms with van der Waals surface area (Å²) in [6, 6.07) is 5.94. The van der Waals surface area contributed by atoms with Gasteiger partial charge in [0.15, 0.2) is 15.8 Å². The normalized spacial score (nSPS) is 17.6. The van der Waals surface area contributed by atoms with Gasteiger partial charge in [0.25, 0.3) is 0 Å². The molecule has 1 aromatic heterocycles. The molecule has 160 valence electrons. The number of nitrogens with one attached hydrogen (secondary N) is 1. The molecule has 2 aliphatic rings. The van der Waals surface area contributed by atoms with Gasteiger partial charge in [-0.15, -0.1) is 10.2 Å². The third kappa shape index (κ3) is 4.78. The first-order chi connectivity index (χ1) is 14.6. The number of likely N-dealkylation sites (tertiary alicyclic amines) is 1. The minimum Gasteiger partial charge on any atom is -0.486 e. The molecular formula is C19H22N4O5S2. The molecule has 1 atom stereocenters. The second kappa shape index (κ2) is 9.52. The predicted molar refractivity (Wildman–Crippen MR) is 112 cm³/mol. The molecule has 2 aromatic rings. The Kier molecular flexibility index (Phi) is 6.58. The van der Waals surface area contributed by atoms with Crippen LogP contribution in [0.25, 0.3) is 0 Å². The monoisotopic (exact) mass is 450 g/mol. The van der Waals surface area contributed by atoms with Crippen LogP contribution in [0.2, 0.25) is 0 Å². The molecule has 3 heterocycles. The van der Waals surface area contributed by atoms with E-state index in [0.29, 0.717) is 22.7 Å². The van der Waals surface area contributed by atoms with Crippen molar-refractivity contribution >= 4 is 40.2 Å². The van der Waals surface area contributed by atoms with Gasteiger partial charge in [-0.25, -0.2) is 4.79 Å². The van der Waals surface area contributed by atoms with Crippen molar-refractivity contribution in [2.24, 2.45) is 0 Å². The van der Waals surface area contributed by atoms with E-state index in [1.54, 1.807) is 6.92 Å². The Bertz CT molecular complexity index is 922. The van der Waals surface area contributed by atoms with E-state index in [-0.39, 0.29) is 24.3 Å². The van der Waals surface area contributed by atoms with Crippen molar-refractivity contribution in [1.29, 1.82) is 0 Å². The van der Waals surface area contributed by atoms with Gasteiger partial charge in [0, 0.05) is 6.54 Å². The van der Waals surface area contributed by atoms with E-state index in [0.717, 1.165) is 36.4 Å². The SMILES string of the molecule is CCOC(=O)Nc1nnc(SCC(=O)N2CCCC2c2ccc3c(c2)OCCO3)s1. The van der Waals surface area contributed by atoms with E-state index >= 15 is 0 Å². The number of carbonyl (C=O) groups is 2. The maximum absolute atomic E-state index is 12.9. The Balaban J connectivity index is 1.35. The Hall–Kier alpha value is -2.53. The summed E-state index contributed by atoms with van der Waals surface area (Å²) < 4.78 is 16.7. The fourth-order valence-corrected chi connectivity index (χ4v) is 5.08. The Morgan fingerprint density at radius 1 is 1.30 bits per heavy atom. The van der Waals surface area contributed by atoms with Crippen molar-refractivity contribution in [3.8, 4) is 11.5 Å². The molecule has 11 heteroatoms. The number of benzene rings is 1. The van der Waals surface area contributed by atoms with Crippen molar-refractivity contribution in [3.05, 3.63) is 23.8 Å². The standard InChI is InChI=1S/C19H22N4O5S2/c1-2-26-18(25)20-17-21-22-19(30-17)29-11-16(24)23-7-3-4-13(23)12-5-6-14-15(10-12)28-9-8-27-14/h5-6,10,13H,2-4,7-9,11H2,1H3,(H,20,21,25). The van der Waals surface area contributed by atoms with Gasteiger partial charge in [-0.05, 0) is 37.5 Å². The zero-order valence-electron chi connectivity index (χ0n) is 16.5. The van der Waals surface area contributed by atoms with Crippen molar-refractivity contribution < 1.29 is 23.8 Å². The molecule has 0 aliphatic carbocycles. The molecule has 9 nitrogen and oxygen atoms in total. The maximum atomic E-state index is 12.9. The van der Waals surface area contributed by atoms with E-state index in [9.17, 15) is 9.59 Å². The smallest absolute Gasteiger partial charge is 0.413 e. The Morgan fingerprint density at radius 3 is 2.97 bits per heavy atom. The average Bonchev–Trinajstić information content (AvgIpc) is 3.41. The van der Waals surface area contributed by atoms with Gasteiger partial charge >= 0.3 is 6.09 Å². The van der Waals surface area contributed by atoms with Crippen LogP contribution in [0.3, 0.4) is 0 Å². The zero-order chi connectivity index (χ0) is 20.9. The van der Waals surface area contributed by atoms with E-state index in [2.05, 4.69) is 15.5 Å². The first-order valence-electron chi connectivity index (χ1n) is 9.73. The van der Waals surface area contributed by atoms with Crippen LogP contribution in [0.15, 0.2) is 22.5 Å². The highest BCUT2D eigenvalue weighted by atomic mass is 32.2. The van der Waals surface area contributed by atoms with Crippen LogP contribution in [0.4, 0.5) is 9.93 Å². The first-order valence-corrected chi connectivity index (χ1v) is 11.5. The molecule has 1 unspecified atom stereocenters. The second-order valence-corrected chi connectivity index (χ2v) is 8.86. The third-order valence-corrected chi connectivity index (χ3v) is 6.69. The van der Waals surface area contributed by atoms with Crippen LogP contribution in [0.5, 0.6) is 11.5 Å². The average molecular weight is 451 g/mol. The number of fused-ring (bicyclic) bond motifs is 1. The van der Waals surface area contributed by atoms with Gasteiger partial charge in [0.05, 0.1) is 18.4 Å². The van der Waals surface area contributed by atoms with Crippen LogP contribution in [-0.2, 0) is 9.53 Å². The highest BCUT2D eigenvalue weighted by Crippen LogP contribution is 2.38. The van der Waals surface area contributed by atoms with Gasteiger partial charge in [0.2, 0.25) is 11.0 Å². The number of hydrogen-bond donors (Lipinski definition) is 1. The number of rotatable bonds is 6. The molecule has 1 fully saturated rings. The van der Waals surface area contributed by atoms with Crippen molar-refractivity contribution in [2.45, 2.75) is 30.1 Å². The quantitative estimate of drug-likeness (QED) is 0.528. The third-order valence-electron chi connectivity index (χ3n) is 4.73. The predicted octanol–water partition coefficient (Wildman–Crippen LogP) is 3.33. The summed E-state index contributed by atoms with van der Waals surface area (Å²) >= 11 is 2.53. The number of ether oxygens (including phenoxy) is 3. The highest BCUT2D eigenvalue weighted by Gasteiger charge is 2.31. The largest absolute Gasteiger partial charge is 0.486 e. The number of carbonyl (C=O) groups excluding carboxylic acids is 2. The molecule has 1 aromatic carbocycles. The first kappa shape index (κ1) is 20.7. The lowest BCUT2D eigenvalue weighted by Crippen LogP contribution is -2.32. The van der Waals surface area contributed by atoms with Gasteiger partial charge in [0.1, 0.15) is 13.2 Å². The molecular weight excluding hydrogens is 428 g/mol. The molecule has 2 aliphatic heterocycles. The zero-order valence-corrected chi connectivity index (χ0v) is 18.1. The number of hydrogen-bond acceptors (Lipinski definition) is 9. The van der Waals surface area contributed by atoms with E-state index in [1.165, 1.54) is 23.1 Å². The molecule has 1 N–H and O–H groups in total. The number of amides is 2. The molecule has 0 bridgehead atoms. The van der Waals surface area contributed by atoms with Gasteiger partial charge in [-0.1, -0.05) is 29.2 Å². The molecule has 2 amide bonds. The summed E-state index contributed by atoms with van der Waals surface area (Å²) in [5.41, 5.74) is 1.06. The lowest BCUT2D eigenvalue weighted by Gasteiger charge is -2.26. The summed E-state index contributed by atoms with van der Waals surface area (Å²) in [4.78, 5) is 26.2. The molecule has 0 spiro atoms. The molecule has 0 saturated carbocycles. The van der Waals surface area contributed by atoms with Crippen LogP contribution < -0.4 is 14.8 Å². The minimum atomic E-state index is -0.569. The summed E-state index contributed by atoms with van der Waals surface area (Å²) in [6.07, 6.45) is 1.31. The lowest BCUT2D eigenvalue weighted by atomic mass is 10.0. The number of thioether (sulfide) groups is 1. The second-order valence-electron chi connectivity index (χ2n) is 6.66. The van der Waals surface area contributed by atoms with Gasteiger partial charge in [-0.2, -0.15) is 0 Å². The van der Waals surface area contributed by atoms with Crippen molar-refractivity contribution in [2.75, 3.05) is 37.4 Å². The molecule has 30 heavy (non-hydrogen) atoms. The fourth-order valence-electron chi connectivity index (χ4n) is 3.46. The summed E-state index contributed by atoms with van der Waals surface area (Å²) in [7, 11) is 0. The van der Waals surface area contributed by atoms with E-state index in [4.69, 9.17) is 14.2 Å². The van der Waals surface area contributed by atoms with Crippen LogP contribution in [0, 0.1) is 0 Å². The molecule has 4 rings (SSSR count). The van der Waals surface area contributed by atoms with Gasteiger partial charge < -0.3 is 19.1 Å².